The van der Waals surface area contributed by atoms with E-state index in [1.807, 2.05) is 20.8 Å². The Morgan fingerprint density at radius 3 is 1.73 bits per heavy atom. The number of hydrogen-bond donors (Lipinski definition) is 0. The predicted molar refractivity (Wildman–Crippen MR) is 71.8 cm³/mol. The summed E-state index contributed by atoms with van der Waals surface area (Å²) in [5.41, 5.74) is 0. The normalized spacial score (nSPS) is 5.87. The first-order chi connectivity index (χ1) is 6.33. The Hall–Kier alpha value is -0.920. The van der Waals surface area contributed by atoms with Gasteiger partial charge in [-0.3, -0.25) is 0 Å². The first-order valence-electron chi connectivity index (χ1n) is 4.70. The standard InChI is InChI=1S/C7H12O.C5H8.2CH4/c1-3-5-7-8-6-4-2;1-3-5-4-2;;/h4,6-7H2,1-2H3;3H2,1-2H3;2*1H4. The van der Waals surface area contributed by atoms with Crippen LogP contribution in [0.5, 0.6) is 0 Å². The zero-order chi connectivity index (χ0) is 10.4. The van der Waals surface area contributed by atoms with Crippen molar-refractivity contribution >= 4 is 0 Å². The fourth-order valence-corrected chi connectivity index (χ4v) is 0.516. The lowest BCUT2D eigenvalue weighted by atomic mass is 10.5. The van der Waals surface area contributed by atoms with E-state index in [0.717, 1.165) is 19.4 Å². The molecule has 90 valence electrons. The Morgan fingerprint density at radius 2 is 1.47 bits per heavy atom. The Balaban J connectivity index is -0.0000000770. The molecule has 0 heterocycles. The molecular weight excluding hydrogens is 184 g/mol. The van der Waals surface area contributed by atoms with Crippen molar-refractivity contribution in [2.75, 3.05) is 13.2 Å². The van der Waals surface area contributed by atoms with Crippen LogP contribution in [-0.4, -0.2) is 13.2 Å². The highest BCUT2D eigenvalue weighted by Crippen LogP contribution is 1.76. The maximum absolute atomic E-state index is 5.05. The van der Waals surface area contributed by atoms with Crippen molar-refractivity contribution in [3.63, 3.8) is 0 Å². The largest absolute Gasteiger partial charge is 0.369 e. The van der Waals surface area contributed by atoms with Gasteiger partial charge < -0.3 is 4.74 Å². The Labute approximate surface area is 97.6 Å². The van der Waals surface area contributed by atoms with Crippen LogP contribution in [0.2, 0.25) is 0 Å². The average molecular weight is 212 g/mol. The van der Waals surface area contributed by atoms with Crippen molar-refractivity contribution in [1.29, 1.82) is 0 Å². The molecule has 0 aliphatic heterocycles. The molecule has 0 unspecified atom stereocenters. The van der Waals surface area contributed by atoms with E-state index < -0.39 is 0 Å². The molecule has 0 saturated carbocycles. The quantitative estimate of drug-likeness (QED) is 0.505. The third-order valence-corrected chi connectivity index (χ3v) is 1.05. The molecule has 0 fully saturated rings. The molecular formula is C14H28O. The Bertz CT molecular complexity index is 185. The molecule has 0 saturated heterocycles. The van der Waals surface area contributed by atoms with Gasteiger partial charge in [-0.2, -0.15) is 0 Å². The van der Waals surface area contributed by atoms with Crippen molar-refractivity contribution in [3.05, 3.63) is 0 Å². The predicted octanol–water partition coefficient (Wildman–Crippen LogP) is 4.13. The van der Waals surface area contributed by atoms with Crippen molar-refractivity contribution < 1.29 is 4.74 Å². The number of ether oxygens (including phenoxy) is 1. The SMILES string of the molecule is C.C.CC#CCC.CC#CCOCCC. The summed E-state index contributed by atoms with van der Waals surface area (Å²) >= 11 is 0. The van der Waals surface area contributed by atoms with Gasteiger partial charge in [0.15, 0.2) is 0 Å². The molecule has 1 heteroatoms. The van der Waals surface area contributed by atoms with Gasteiger partial charge >= 0.3 is 0 Å². The first-order valence-corrected chi connectivity index (χ1v) is 4.70. The van der Waals surface area contributed by atoms with Gasteiger partial charge in [0.25, 0.3) is 0 Å². The zero-order valence-electron chi connectivity index (χ0n) is 9.24. The molecule has 0 aromatic carbocycles. The molecule has 15 heavy (non-hydrogen) atoms. The van der Waals surface area contributed by atoms with Crippen LogP contribution < -0.4 is 0 Å². The van der Waals surface area contributed by atoms with Crippen molar-refractivity contribution in [2.24, 2.45) is 0 Å². The summed E-state index contributed by atoms with van der Waals surface area (Å²) in [6.45, 7) is 9.20. The minimum absolute atomic E-state index is 0. The average Bonchev–Trinajstić information content (AvgIpc) is 2.15. The second-order valence-electron chi connectivity index (χ2n) is 2.26. The van der Waals surface area contributed by atoms with Gasteiger partial charge in [-0.05, 0) is 20.3 Å². The lowest BCUT2D eigenvalue weighted by Crippen LogP contribution is -1.91. The third-order valence-electron chi connectivity index (χ3n) is 1.05. The van der Waals surface area contributed by atoms with Crippen LogP contribution >= 0.6 is 0 Å². The summed E-state index contributed by atoms with van der Waals surface area (Å²) in [6.07, 6.45) is 2.06. The molecule has 0 N–H and O–H groups in total. The maximum atomic E-state index is 5.05. The topological polar surface area (TPSA) is 9.23 Å². The van der Waals surface area contributed by atoms with Gasteiger partial charge in [0.05, 0.1) is 0 Å². The van der Waals surface area contributed by atoms with E-state index in [2.05, 4.69) is 30.6 Å². The smallest absolute Gasteiger partial charge is 0.107 e. The van der Waals surface area contributed by atoms with Crippen LogP contribution in [0.3, 0.4) is 0 Å². The van der Waals surface area contributed by atoms with E-state index in [-0.39, 0.29) is 14.9 Å². The lowest BCUT2D eigenvalue weighted by molar-refractivity contribution is 0.168. The lowest BCUT2D eigenvalue weighted by Gasteiger charge is -1.91. The fraction of sp³-hybridized carbons (Fsp3) is 0.714. The third kappa shape index (κ3) is 43.4. The van der Waals surface area contributed by atoms with Crippen LogP contribution in [0.4, 0.5) is 0 Å². The number of rotatable bonds is 3. The summed E-state index contributed by atoms with van der Waals surface area (Å²) in [6, 6.07) is 0. The van der Waals surface area contributed by atoms with Crippen molar-refractivity contribution in [2.45, 2.75) is 55.4 Å². The molecule has 0 aromatic heterocycles. The van der Waals surface area contributed by atoms with E-state index in [0.29, 0.717) is 6.61 Å². The van der Waals surface area contributed by atoms with E-state index in [1.54, 1.807) is 0 Å². The second kappa shape index (κ2) is 29.2. The maximum Gasteiger partial charge on any atom is 0.107 e. The Kier molecular flexibility index (Phi) is 46.2. The van der Waals surface area contributed by atoms with Crippen molar-refractivity contribution in [3.8, 4) is 23.7 Å². The van der Waals surface area contributed by atoms with E-state index >= 15 is 0 Å². The highest BCUT2D eigenvalue weighted by molar-refractivity contribution is 4.94. The Morgan fingerprint density at radius 1 is 0.933 bits per heavy atom. The summed E-state index contributed by atoms with van der Waals surface area (Å²) < 4.78 is 5.05. The van der Waals surface area contributed by atoms with Gasteiger partial charge in [-0.15, -0.1) is 17.8 Å². The molecule has 0 rings (SSSR count). The van der Waals surface area contributed by atoms with Crippen molar-refractivity contribution in [1.82, 2.24) is 0 Å². The minimum Gasteiger partial charge on any atom is -0.369 e. The van der Waals surface area contributed by atoms with Crippen LogP contribution in [0.25, 0.3) is 0 Å². The van der Waals surface area contributed by atoms with E-state index in [9.17, 15) is 0 Å². The molecule has 1 nitrogen and oxygen atoms in total. The first kappa shape index (κ1) is 23.7. The van der Waals surface area contributed by atoms with E-state index in [1.165, 1.54) is 0 Å². The highest BCUT2D eigenvalue weighted by Gasteiger charge is 1.75. The van der Waals surface area contributed by atoms with Crippen LogP contribution in [-0.2, 0) is 4.74 Å². The fourth-order valence-electron chi connectivity index (χ4n) is 0.516. The number of hydrogen-bond acceptors (Lipinski definition) is 1. The molecule has 0 spiro atoms. The molecule has 0 aliphatic rings. The van der Waals surface area contributed by atoms with Crippen LogP contribution in [0.1, 0.15) is 55.4 Å². The molecule has 0 bridgehead atoms. The van der Waals surface area contributed by atoms with Crippen LogP contribution in [0, 0.1) is 23.7 Å². The molecule has 0 aliphatic carbocycles. The van der Waals surface area contributed by atoms with Crippen LogP contribution in [0.15, 0.2) is 0 Å². The molecule has 0 aromatic rings. The van der Waals surface area contributed by atoms with Gasteiger partial charge in [0.1, 0.15) is 6.61 Å². The highest BCUT2D eigenvalue weighted by atomic mass is 16.5. The molecule has 0 atom stereocenters. The summed E-state index contributed by atoms with van der Waals surface area (Å²) in [5, 5.41) is 0. The zero-order valence-corrected chi connectivity index (χ0v) is 9.24. The van der Waals surface area contributed by atoms with Gasteiger partial charge in [0.2, 0.25) is 0 Å². The summed E-state index contributed by atoms with van der Waals surface area (Å²) in [4.78, 5) is 0. The van der Waals surface area contributed by atoms with Gasteiger partial charge in [0, 0.05) is 13.0 Å². The molecule has 0 amide bonds. The van der Waals surface area contributed by atoms with Gasteiger partial charge in [-0.1, -0.05) is 34.6 Å². The summed E-state index contributed by atoms with van der Waals surface area (Å²) in [5.74, 6) is 11.2. The monoisotopic (exact) mass is 212 g/mol. The summed E-state index contributed by atoms with van der Waals surface area (Å²) in [7, 11) is 0. The second-order valence-corrected chi connectivity index (χ2v) is 2.26. The minimum atomic E-state index is 0. The van der Waals surface area contributed by atoms with E-state index in [4.69, 9.17) is 4.74 Å². The molecule has 0 radical (unpaired) electrons. The van der Waals surface area contributed by atoms with Gasteiger partial charge in [-0.25, -0.2) is 0 Å².